The number of esters is 1. The third-order valence-corrected chi connectivity index (χ3v) is 5.09. The average Bonchev–Trinajstić information content (AvgIpc) is 2.76. The van der Waals surface area contributed by atoms with Crippen molar-refractivity contribution < 1.29 is 19.1 Å². The van der Waals surface area contributed by atoms with Crippen LogP contribution in [0.3, 0.4) is 0 Å². The first kappa shape index (κ1) is 20.7. The smallest absolute Gasteiger partial charge is 0.310 e. The van der Waals surface area contributed by atoms with Crippen molar-refractivity contribution in [3.8, 4) is 5.75 Å². The SMILES string of the molecule is C=C=C1/C=C/CCOc2ccccc2/C=C/C(=O)N2CCC[C@@H](C2)C(=O)OCC1. The van der Waals surface area contributed by atoms with Crippen molar-refractivity contribution in [3.05, 3.63) is 65.9 Å². The number of piperidine rings is 1. The highest BCUT2D eigenvalue weighted by molar-refractivity contribution is 5.92. The van der Waals surface area contributed by atoms with E-state index >= 15 is 0 Å². The van der Waals surface area contributed by atoms with E-state index in [0.717, 1.165) is 36.1 Å². The van der Waals surface area contributed by atoms with Crippen molar-refractivity contribution in [2.75, 3.05) is 26.3 Å². The number of carbonyl (C=O) groups excluding carboxylic acids is 2. The van der Waals surface area contributed by atoms with E-state index in [4.69, 9.17) is 9.47 Å². The molecule has 0 radical (unpaired) electrons. The van der Waals surface area contributed by atoms with Gasteiger partial charge in [-0.1, -0.05) is 36.9 Å². The molecule has 0 saturated carbocycles. The summed E-state index contributed by atoms with van der Waals surface area (Å²) in [5, 5.41) is 0. The fraction of sp³-hybridized carbons (Fsp3) is 0.375. The van der Waals surface area contributed by atoms with Crippen LogP contribution in [-0.4, -0.2) is 43.1 Å². The van der Waals surface area contributed by atoms with Gasteiger partial charge < -0.3 is 14.4 Å². The number of amides is 1. The molecule has 0 aliphatic carbocycles. The Bertz CT molecular complexity index is 848. The molecule has 5 nitrogen and oxygen atoms in total. The third-order valence-electron chi connectivity index (χ3n) is 5.09. The van der Waals surface area contributed by atoms with E-state index in [1.54, 1.807) is 17.1 Å². The number of para-hydroxylation sites is 1. The number of carbonyl (C=O) groups is 2. The van der Waals surface area contributed by atoms with Crippen LogP contribution < -0.4 is 4.74 Å². The first-order chi connectivity index (χ1) is 14.2. The summed E-state index contributed by atoms with van der Waals surface area (Å²) in [6.07, 6.45) is 10.1. The summed E-state index contributed by atoms with van der Waals surface area (Å²) in [6.45, 7) is 5.56. The second-order valence-electron chi connectivity index (χ2n) is 7.15. The molecule has 2 bridgehead atoms. The van der Waals surface area contributed by atoms with Crippen molar-refractivity contribution in [3.63, 3.8) is 0 Å². The molecular weight excluding hydrogens is 366 g/mol. The van der Waals surface area contributed by atoms with Gasteiger partial charge in [-0.05, 0) is 37.0 Å². The molecule has 1 fully saturated rings. The quantitative estimate of drug-likeness (QED) is 0.495. The molecule has 3 rings (SSSR count). The maximum atomic E-state index is 12.6. The molecular formula is C24H27NO4. The molecule has 0 unspecified atom stereocenters. The molecule has 0 N–H and O–H groups in total. The van der Waals surface area contributed by atoms with Gasteiger partial charge in [-0.25, -0.2) is 0 Å². The zero-order valence-corrected chi connectivity index (χ0v) is 16.6. The van der Waals surface area contributed by atoms with Crippen LogP contribution in [0.4, 0.5) is 0 Å². The van der Waals surface area contributed by atoms with Crippen molar-refractivity contribution in [1.82, 2.24) is 4.90 Å². The molecule has 0 spiro atoms. The second kappa shape index (κ2) is 10.5. The van der Waals surface area contributed by atoms with E-state index in [1.165, 1.54) is 0 Å². The number of fused-ring (bicyclic) bond motifs is 3. The predicted octanol–water partition coefficient (Wildman–Crippen LogP) is 3.92. The van der Waals surface area contributed by atoms with Gasteiger partial charge in [0.15, 0.2) is 0 Å². The minimum atomic E-state index is -0.276. The highest BCUT2D eigenvalue weighted by Crippen LogP contribution is 2.22. The Morgan fingerprint density at radius 2 is 1.93 bits per heavy atom. The molecule has 2 heterocycles. The van der Waals surface area contributed by atoms with Gasteiger partial charge in [0.1, 0.15) is 5.75 Å². The highest BCUT2D eigenvalue weighted by atomic mass is 16.5. The van der Waals surface area contributed by atoms with E-state index in [2.05, 4.69) is 12.3 Å². The van der Waals surface area contributed by atoms with Crippen LogP contribution in [0.5, 0.6) is 5.75 Å². The summed E-state index contributed by atoms with van der Waals surface area (Å²) >= 11 is 0. The number of nitrogens with zero attached hydrogens (tertiary/aromatic N) is 1. The molecule has 0 aromatic heterocycles. The van der Waals surface area contributed by atoms with Gasteiger partial charge in [0.25, 0.3) is 0 Å². The molecule has 1 aromatic rings. The molecule has 5 heteroatoms. The number of cyclic esters (lactones) is 1. The van der Waals surface area contributed by atoms with Crippen LogP contribution in [0.15, 0.2) is 60.4 Å². The minimum Gasteiger partial charge on any atom is -0.493 e. The molecule has 29 heavy (non-hydrogen) atoms. The number of hydrogen-bond donors (Lipinski definition) is 0. The molecule has 1 aromatic carbocycles. The Morgan fingerprint density at radius 3 is 2.79 bits per heavy atom. The third kappa shape index (κ3) is 5.97. The Labute approximate surface area is 172 Å². The largest absolute Gasteiger partial charge is 0.493 e. The fourth-order valence-corrected chi connectivity index (χ4v) is 3.46. The second-order valence-corrected chi connectivity index (χ2v) is 7.15. The number of allylic oxidation sites excluding steroid dienone is 1. The fourth-order valence-electron chi connectivity index (χ4n) is 3.46. The predicted molar refractivity (Wildman–Crippen MR) is 112 cm³/mol. The number of rotatable bonds is 0. The Kier molecular flexibility index (Phi) is 7.48. The summed E-state index contributed by atoms with van der Waals surface area (Å²) in [6, 6.07) is 7.64. The summed E-state index contributed by atoms with van der Waals surface area (Å²) in [5.41, 5.74) is 4.63. The van der Waals surface area contributed by atoms with E-state index in [-0.39, 0.29) is 24.4 Å². The first-order valence-electron chi connectivity index (χ1n) is 10.1. The molecule has 1 amide bonds. The average molecular weight is 393 g/mol. The van der Waals surface area contributed by atoms with E-state index < -0.39 is 0 Å². The number of benzene rings is 1. The van der Waals surface area contributed by atoms with Crippen molar-refractivity contribution in [1.29, 1.82) is 0 Å². The zero-order valence-electron chi connectivity index (χ0n) is 16.6. The Hall–Kier alpha value is -3.04. The summed E-state index contributed by atoms with van der Waals surface area (Å²) < 4.78 is 11.3. The van der Waals surface area contributed by atoms with Gasteiger partial charge in [-0.2, -0.15) is 0 Å². The van der Waals surface area contributed by atoms with Crippen LogP contribution in [-0.2, 0) is 14.3 Å². The van der Waals surface area contributed by atoms with Gasteiger partial charge in [0.05, 0.1) is 19.1 Å². The van der Waals surface area contributed by atoms with Crippen LogP contribution in [0, 0.1) is 5.92 Å². The molecule has 2 aliphatic rings. The van der Waals surface area contributed by atoms with Gasteiger partial charge >= 0.3 is 5.97 Å². The molecule has 1 atom stereocenters. The van der Waals surface area contributed by atoms with Crippen molar-refractivity contribution in [2.24, 2.45) is 5.92 Å². The lowest BCUT2D eigenvalue weighted by Gasteiger charge is -2.30. The maximum Gasteiger partial charge on any atom is 0.310 e. The first-order valence-corrected chi connectivity index (χ1v) is 10.1. The van der Waals surface area contributed by atoms with Crippen LogP contribution >= 0.6 is 0 Å². The number of hydrogen-bond acceptors (Lipinski definition) is 4. The standard InChI is InChI=1S/C24H27NO4/c1-2-19-8-5-6-16-28-22-11-4-3-9-20(22)12-13-23(26)25-15-7-10-21(18-25)24(27)29-17-14-19/h3-5,8-9,11-13,21H,1,6-7,10,14-18H2/b8-5+,13-12+/t21-/m0/s1. The summed E-state index contributed by atoms with van der Waals surface area (Å²) in [7, 11) is 0. The topological polar surface area (TPSA) is 55.8 Å². The van der Waals surface area contributed by atoms with Crippen LogP contribution in [0.25, 0.3) is 6.08 Å². The molecule has 1 saturated heterocycles. The zero-order chi connectivity index (χ0) is 20.5. The minimum absolute atomic E-state index is 0.0989. The number of ether oxygens (including phenoxy) is 2. The van der Waals surface area contributed by atoms with Crippen molar-refractivity contribution in [2.45, 2.75) is 25.7 Å². The summed E-state index contributed by atoms with van der Waals surface area (Å²) in [5.74, 6) is 0.130. The highest BCUT2D eigenvalue weighted by Gasteiger charge is 2.28. The normalized spacial score (nSPS) is 23.5. The van der Waals surface area contributed by atoms with Gasteiger partial charge in [-0.3, -0.25) is 9.59 Å². The van der Waals surface area contributed by atoms with E-state index in [0.29, 0.717) is 26.1 Å². The van der Waals surface area contributed by atoms with Crippen molar-refractivity contribution >= 4 is 18.0 Å². The maximum absolute atomic E-state index is 12.6. The van der Waals surface area contributed by atoms with Gasteiger partial charge in [0, 0.05) is 31.1 Å². The van der Waals surface area contributed by atoms with E-state index in [9.17, 15) is 9.59 Å². The van der Waals surface area contributed by atoms with Crippen LogP contribution in [0.2, 0.25) is 0 Å². The van der Waals surface area contributed by atoms with Gasteiger partial charge in [0.2, 0.25) is 5.91 Å². The van der Waals surface area contributed by atoms with E-state index in [1.807, 2.05) is 36.4 Å². The lowest BCUT2D eigenvalue weighted by Crippen LogP contribution is -2.42. The summed E-state index contributed by atoms with van der Waals surface area (Å²) in [4.78, 5) is 26.8. The lowest BCUT2D eigenvalue weighted by molar-refractivity contribution is -0.151. The Morgan fingerprint density at radius 1 is 1.07 bits per heavy atom. The molecule has 2 aliphatic heterocycles. The monoisotopic (exact) mass is 393 g/mol. The van der Waals surface area contributed by atoms with Gasteiger partial charge in [-0.15, -0.1) is 5.73 Å². The lowest BCUT2D eigenvalue weighted by atomic mass is 9.98. The molecule has 152 valence electrons. The Balaban J connectivity index is 1.80. The van der Waals surface area contributed by atoms with Crippen LogP contribution in [0.1, 0.15) is 31.2 Å².